The second-order valence-corrected chi connectivity index (χ2v) is 7.26. The fourth-order valence-electron chi connectivity index (χ4n) is 3.67. The maximum absolute atomic E-state index is 13.1. The molecule has 0 aliphatic carbocycles. The number of hydrogen-bond donors (Lipinski definition) is 0. The fourth-order valence-corrected chi connectivity index (χ4v) is 3.67. The van der Waals surface area contributed by atoms with Gasteiger partial charge in [0.2, 0.25) is 0 Å². The van der Waals surface area contributed by atoms with Crippen LogP contribution in [0.1, 0.15) is 16.7 Å². The van der Waals surface area contributed by atoms with Crippen LogP contribution in [0, 0.1) is 12.7 Å². The van der Waals surface area contributed by atoms with Gasteiger partial charge >= 0.3 is 0 Å². The number of halogens is 1. The minimum atomic E-state index is -0.172. The lowest BCUT2D eigenvalue weighted by Gasteiger charge is -2.35. The van der Waals surface area contributed by atoms with Gasteiger partial charge in [-0.3, -0.25) is 9.80 Å². The fraction of sp³-hybridized carbons (Fsp3) is 0.318. The van der Waals surface area contributed by atoms with E-state index in [1.807, 2.05) is 35.3 Å². The van der Waals surface area contributed by atoms with Gasteiger partial charge in [0.15, 0.2) is 0 Å². The summed E-state index contributed by atoms with van der Waals surface area (Å²) >= 11 is 0. The topological polar surface area (TPSA) is 24.3 Å². The first-order valence-corrected chi connectivity index (χ1v) is 9.46. The van der Waals surface area contributed by atoms with Crippen LogP contribution in [0.25, 0.3) is 5.69 Å². The van der Waals surface area contributed by atoms with Crippen LogP contribution in [-0.4, -0.2) is 45.8 Å². The minimum Gasteiger partial charge on any atom is -0.297 e. The molecule has 5 heteroatoms. The van der Waals surface area contributed by atoms with Crippen molar-refractivity contribution in [3.05, 3.63) is 83.4 Å². The molecule has 140 valence electrons. The van der Waals surface area contributed by atoms with Gasteiger partial charge in [-0.2, -0.15) is 5.10 Å². The Hall–Kier alpha value is -2.50. The summed E-state index contributed by atoms with van der Waals surface area (Å²) < 4.78 is 15.0. The van der Waals surface area contributed by atoms with Gasteiger partial charge in [0.1, 0.15) is 5.82 Å². The first kappa shape index (κ1) is 17.9. The second kappa shape index (κ2) is 8.03. The number of hydrogen-bond acceptors (Lipinski definition) is 3. The SMILES string of the molecule is Cc1ccc(-n2cccn2)c(CN2CCN(Cc3ccc(F)cc3)CC2)c1. The van der Waals surface area contributed by atoms with E-state index in [2.05, 4.69) is 40.0 Å². The third-order valence-electron chi connectivity index (χ3n) is 5.16. The van der Waals surface area contributed by atoms with Crippen LogP contribution in [-0.2, 0) is 13.1 Å². The molecule has 0 bridgehead atoms. The van der Waals surface area contributed by atoms with E-state index in [0.717, 1.165) is 45.0 Å². The standard InChI is InChI=1S/C22H25FN4/c1-18-3-8-22(27-10-2-9-24-27)20(15-18)17-26-13-11-25(12-14-26)16-19-4-6-21(23)7-5-19/h2-10,15H,11-14,16-17H2,1H3. The summed E-state index contributed by atoms with van der Waals surface area (Å²) in [5.41, 5.74) is 4.91. The van der Waals surface area contributed by atoms with Crippen molar-refractivity contribution < 1.29 is 4.39 Å². The zero-order chi connectivity index (χ0) is 18.6. The Morgan fingerprint density at radius 1 is 0.926 bits per heavy atom. The Morgan fingerprint density at radius 3 is 2.30 bits per heavy atom. The van der Waals surface area contributed by atoms with Crippen molar-refractivity contribution in [3.8, 4) is 5.69 Å². The number of aromatic nitrogens is 2. The lowest BCUT2D eigenvalue weighted by Crippen LogP contribution is -2.45. The van der Waals surface area contributed by atoms with Crippen LogP contribution in [0.3, 0.4) is 0 Å². The molecule has 2 aromatic carbocycles. The average Bonchev–Trinajstić information content (AvgIpc) is 3.20. The van der Waals surface area contributed by atoms with Crippen molar-refractivity contribution in [3.63, 3.8) is 0 Å². The highest BCUT2D eigenvalue weighted by molar-refractivity contribution is 5.42. The molecule has 27 heavy (non-hydrogen) atoms. The Morgan fingerprint density at radius 2 is 1.63 bits per heavy atom. The van der Waals surface area contributed by atoms with Crippen LogP contribution in [0.5, 0.6) is 0 Å². The van der Waals surface area contributed by atoms with Crippen molar-refractivity contribution in [1.29, 1.82) is 0 Å². The largest absolute Gasteiger partial charge is 0.297 e. The van der Waals surface area contributed by atoms with E-state index in [9.17, 15) is 4.39 Å². The molecule has 4 nitrogen and oxygen atoms in total. The molecule has 3 aromatic rings. The van der Waals surface area contributed by atoms with Crippen LogP contribution >= 0.6 is 0 Å². The highest BCUT2D eigenvalue weighted by Gasteiger charge is 2.18. The van der Waals surface area contributed by atoms with Gasteiger partial charge in [0.05, 0.1) is 5.69 Å². The van der Waals surface area contributed by atoms with Crippen LogP contribution < -0.4 is 0 Å². The molecule has 0 radical (unpaired) electrons. The molecular formula is C22H25FN4. The summed E-state index contributed by atoms with van der Waals surface area (Å²) in [6.07, 6.45) is 3.81. The third-order valence-corrected chi connectivity index (χ3v) is 5.16. The summed E-state index contributed by atoms with van der Waals surface area (Å²) in [7, 11) is 0. The van der Waals surface area contributed by atoms with Crippen molar-refractivity contribution in [2.75, 3.05) is 26.2 Å². The highest BCUT2D eigenvalue weighted by atomic mass is 19.1. The molecule has 0 atom stereocenters. The van der Waals surface area contributed by atoms with E-state index in [-0.39, 0.29) is 5.82 Å². The van der Waals surface area contributed by atoms with E-state index in [0.29, 0.717) is 0 Å². The number of rotatable bonds is 5. The first-order chi connectivity index (χ1) is 13.2. The number of benzene rings is 2. The summed E-state index contributed by atoms with van der Waals surface area (Å²) in [4.78, 5) is 4.94. The monoisotopic (exact) mass is 364 g/mol. The second-order valence-electron chi connectivity index (χ2n) is 7.26. The lowest BCUT2D eigenvalue weighted by molar-refractivity contribution is 0.122. The molecule has 1 saturated heterocycles. The quantitative estimate of drug-likeness (QED) is 0.691. The van der Waals surface area contributed by atoms with Crippen LogP contribution in [0.2, 0.25) is 0 Å². The summed E-state index contributed by atoms with van der Waals surface area (Å²) in [5.74, 6) is -0.172. The minimum absolute atomic E-state index is 0.172. The Kier molecular flexibility index (Phi) is 5.32. The summed E-state index contributed by atoms with van der Waals surface area (Å²) in [6.45, 7) is 8.08. The molecule has 1 aliphatic heterocycles. The van der Waals surface area contributed by atoms with Gasteiger partial charge in [-0.05, 0) is 42.3 Å². The van der Waals surface area contributed by atoms with E-state index in [1.54, 1.807) is 12.1 Å². The normalized spacial score (nSPS) is 15.9. The summed E-state index contributed by atoms with van der Waals surface area (Å²) in [6, 6.07) is 15.4. The van der Waals surface area contributed by atoms with Gasteiger partial charge in [-0.15, -0.1) is 0 Å². The van der Waals surface area contributed by atoms with Crippen molar-refractivity contribution >= 4 is 0 Å². The maximum Gasteiger partial charge on any atom is 0.123 e. The highest BCUT2D eigenvalue weighted by Crippen LogP contribution is 2.19. The van der Waals surface area contributed by atoms with Gasteiger partial charge in [0.25, 0.3) is 0 Å². The van der Waals surface area contributed by atoms with Gasteiger partial charge in [-0.25, -0.2) is 9.07 Å². The molecule has 1 fully saturated rings. The van der Waals surface area contributed by atoms with Crippen molar-refractivity contribution in [2.45, 2.75) is 20.0 Å². The first-order valence-electron chi connectivity index (χ1n) is 9.46. The smallest absolute Gasteiger partial charge is 0.123 e. The van der Waals surface area contributed by atoms with Gasteiger partial charge in [-0.1, -0.05) is 29.8 Å². The maximum atomic E-state index is 13.1. The predicted octanol–water partition coefficient (Wildman–Crippen LogP) is 3.64. The number of aryl methyl sites for hydroxylation is 1. The third kappa shape index (κ3) is 4.43. The van der Waals surface area contributed by atoms with Gasteiger partial charge < -0.3 is 0 Å². The van der Waals surface area contributed by atoms with Crippen LogP contribution in [0.15, 0.2) is 60.9 Å². The zero-order valence-corrected chi connectivity index (χ0v) is 15.7. The molecule has 1 aliphatic rings. The lowest BCUT2D eigenvalue weighted by atomic mass is 10.1. The molecule has 0 unspecified atom stereocenters. The zero-order valence-electron chi connectivity index (χ0n) is 15.7. The van der Waals surface area contributed by atoms with E-state index < -0.39 is 0 Å². The average molecular weight is 364 g/mol. The van der Waals surface area contributed by atoms with E-state index in [4.69, 9.17) is 0 Å². The Balaban J connectivity index is 1.38. The molecule has 1 aromatic heterocycles. The molecule has 2 heterocycles. The van der Waals surface area contributed by atoms with E-state index in [1.165, 1.54) is 16.7 Å². The molecule has 0 spiro atoms. The van der Waals surface area contributed by atoms with E-state index >= 15 is 0 Å². The molecule has 4 rings (SSSR count). The molecular weight excluding hydrogens is 339 g/mol. The number of piperazine rings is 1. The molecule has 0 amide bonds. The van der Waals surface area contributed by atoms with Gasteiger partial charge in [0, 0.05) is 51.7 Å². The predicted molar refractivity (Wildman–Crippen MR) is 105 cm³/mol. The van der Waals surface area contributed by atoms with Crippen molar-refractivity contribution in [1.82, 2.24) is 19.6 Å². The Labute approximate surface area is 159 Å². The number of nitrogens with zero attached hydrogens (tertiary/aromatic N) is 4. The molecule has 0 N–H and O–H groups in total. The van der Waals surface area contributed by atoms with Crippen LogP contribution in [0.4, 0.5) is 4.39 Å². The summed E-state index contributed by atoms with van der Waals surface area (Å²) in [5, 5.41) is 4.40. The van der Waals surface area contributed by atoms with Crippen molar-refractivity contribution in [2.24, 2.45) is 0 Å². The molecule has 0 saturated carbocycles. The Bertz CT molecular complexity index is 866.